The maximum absolute atomic E-state index is 12.8. The number of carboxylic acids is 1. The zero-order valence-electron chi connectivity index (χ0n) is 12.2. The predicted molar refractivity (Wildman–Crippen MR) is 82.3 cm³/mol. The lowest BCUT2D eigenvalue weighted by Crippen LogP contribution is -2.37. The van der Waals surface area contributed by atoms with E-state index in [2.05, 4.69) is 0 Å². The number of nitriles is 1. The summed E-state index contributed by atoms with van der Waals surface area (Å²) < 4.78 is 26.8. The van der Waals surface area contributed by atoms with Gasteiger partial charge in [0.05, 0.1) is 20.9 Å². The lowest BCUT2D eigenvalue weighted by Gasteiger charge is -2.23. The number of hydrogen-bond acceptors (Lipinski definition) is 4. The maximum atomic E-state index is 12.8. The van der Waals surface area contributed by atoms with Crippen LogP contribution in [0.4, 0.5) is 0 Å². The van der Waals surface area contributed by atoms with Gasteiger partial charge in [0.25, 0.3) is 0 Å². The first-order chi connectivity index (χ1) is 10.8. The Hall–Kier alpha value is -1.62. The number of sulfonamides is 1. The van der Waals surface area contributed by atoms with Gasteiger partial charge in [0.1, 0.15) is 6.07 Å². The summed E-state index contributed by atoms with van der Waals surface area (Å²) in [7, 11) is -3.82. The zero-order chi connectivity index (χ0) is 16.8. The second kappa shape index (κ2) is 5.48. The van der Waals surface area contributed by atoms with Crippen molar-refractivity contribution >= 4 is 27.6 Å². The van der Waals surface area contributed by atoms with Gasteiger partial charge in [-0.05, 0) is 37.0 Å². The van der Waals surface area contributed by atoms with Crippen LogP contribution in [0.2, 0.25) is 5.02 Å². The average molecular weight is 355 g/mol. The van der Waals surface area contributed by atoms with Crippen molar-refractivity contribution in [2.75, 3.05) is 13.1 Å². The third-order valence-electron chi connectivity index (χ3n) is 4.96. The van der Waals surface area contributed by atoms with E-state index in [1.807, 2.05) is 6.07 Å². The fourth-order valence-corrected chi connectivity index (χ4v) is 5.54. The van der Waals surface area contributed by atoms with E-state index in [9.17, 15) is 18.3 Å². The van der Waals surface area contributed by atoms with Crippen molar-refractivity contribution in [3.05, 3.63) is 28.8 Å². The van der Waals surface area contributed by atoms with Gasteiger partial charge in [0.15, 0.2) is 0 Å². The molecule has 1 aliphatic carbocycles. The second-order valence-corrected chi connectivity index (χ2v) is 8.45. The molecule has 8 heteroatoms. The van der Waals surface area contributed by atoms with Crippen LogP contribution in [0.3, 0.4) is 0 Å². The lowest BCUT2D eigenvalue weighted by atomic mass is 9.81. The van der Waals surface area contributed by atoms with Gasteiger partial charge in [-0.1, -0.05) is 18.0 Å². The molecule has 1 saturated carbocycles. The van der Waals surface area contributed by atoms with Crippen molar-refractivity contribution in [2.24, 2.45) is 11.3 Å². The van der Waals surface area contributed by atoms with E-state index in [4.69, 9.17) is 16.9 Å². The standard InChI is InChI=1S/C15H15ClN2O4S/c16-13-6-12(4-3-10(13)7-17)23(21,22)18-8-11-2-1-5-15(11,9-18)14(19)20/h3-4,6,11H,1-2,5,8-9H2,(H,19,20)/t11-,15+/m0/s1. The third kappa shape index (κ3) is 2.42. The highest BCUT2D eigenvalue weighted by molar-refractivity contribution is 7.89. The first-order valence-corrected chi connectivity index (χ1v) is 9.06. The normalized spacial score (nSPS) is 27.6. The first kappa shape index (κ1) is 16.2. The van der Waals surface area contributed by atoms with Crippen LogP contribution < -0.4 is 0 Å². The van der Waals surface area contributed by atoms with Crippen LogP contribution >= 0.6 is 11.6 Å². The molecular weight excluding hydrogens is 340 g/mol. The molecule has 0 radical (unpaired) electrons. The van der Waals surface area contributed by atoms with Crippen molar-refractivity contribution in [3.63, 3.8) is 0 Å². The summed E-state index contributed by atoms with van der Waals surface area (Å²) in [5.41, 5.74) is -0.769. The molecule has 1 aromatic carbocycles. The number of halogens is 1. The van der Waals surface area contributed by atoms with E-state index in [-0.39, 0.29) is 34.5 Å². The van der Waals surface area contributed by atoms with Crippen LogP contribution in [-0.2, 0) is 14.8 Å². The number of aliphatic carboxylic acids is 1. The summed E-state index contributed by atoms with van der Waals surface area (Å²) in [6, 6.07) is 5.82. The number of carbonyl (C=O) groups is 1. The monoisotopic (exact) mass is 354 g/mol. The summed E-state index contributed by atoms with van der Waals surface area (Å²) >= 11 is 5.92. The molecule has 0 bridgehead atoms. The molecule has 1 heterocycles. The van der Waals surface area contributed by atoms with Gasteiger partial charge in [0, 0.05) is 13.1 Å². The Labute approximate surface area is 139 Å². The molecule has 2 atom stereocenters. The Balaban J connectivity index is 1.95. The second-order valence-electron chi connectivity index (χ2n) is 6.10. The minimum absolute atomic E-state index is 0.00699. The van der Waals surface area contributed by atoms with E-state index in [0.717, 1.165) is 12.8 Å². The van der Waals surface area contributed by atoms with E-state index >= 15 is 0 Å². The number of rotatable bonds is 3. The molecule has 122 valence electrons. The number of nitrogens with zero attached hydrogens (tertiary/aromatic N) is 2. The molecule has 0 unspecified atom stereocenters. The van der Waals surface area contributed by atoms with Crippen molar-refractivity contribution < 1.29 is 18.3 Å². The summed E-state index contributed by atoms with van der Waals surface area (Å²) in [5, 5.41) is 18.5. The quantitative estimate of drug-likeness (QED) is 0.896. The Bertz CT molecular complexity index is 817. The predicted octanol–water partition coefficient (Wildman–Crippen LogP) is 2.09. The summed E-state index contributed by atoms with van der Waals surface area (Å²) in [6.45, 7) is 0.208. The third-order valence-corrected chi connectivity index (χ3v) is 7.08. The SMILES string of the molecule is N#Cc1ccc(S(=O)(=O)N2C[C@@H]3CCC[C@@]3(C(=O)O)C2)cc1Cl. The van der Waals surface area contributed by atoms with Crippen molar-refractivity contribution in [1.29, 1.82) is 5.26 Å². The number of carboxylic acid groups (broad SMARTS) is 1. The lowest BCUT2D eigenvalue weighted by molar-refractivity contribution is -0.149. The Kier molecular flexibility index (Phi) is 3.87. The highest BCUT2D eigenvalue weighted by Crippen LogP contribution is 2.50. The Morgan fingerprint density at radius 2 is 2.22 bits per heavy atom. The van der Waals surface area contributed by atoms with Gasteiger partial charge in [-0.2, -0.15) is 9.57 Å². The molecule has 0 amide bonds. The van der Waals surface area contributed by atoms with E-state index in [1.165, 1.54) is 22.5 Å². The fraction of sp³-hybridized carbons (Fsp3) is 0.467. The molecule has 6 nitrogen and oxygen atoms in total. The Morgan fingerprint density at radius 1 is 1.48 bits per heavy atom. The van der Waals surface area contributed by atoms with Crippen LogP contribution in [-0.4, -0.2) is 36.9 Å². The van der Waals surface area contributed by atoms with Gasteiger partial charge >= 0.3 is 5.97 Å². The van der Waals surface area contributed by atoms with Crippen LogP contribution in [0.15, 0.2) is 23.1 Å². The topological polar surface area (TPSA) is 98.5 Å². The molecule has 3 rings (SSSR count). The number of benzene rings is 1. The van der Waals surface area contributed by atoms with Gasteiger partial charge in [-0.15, -0.1) is 0 Å². The van der Waals surface area contributed by atoms with Gasteiger partial charge < -0.3 is 5.11 Å². The van der Waals surface area contributed by atoms with Gasteiger partial charge in [-0.3, -0.25) is 4.79 Å². The molecule has 1 aliphatic heterocycles. The average Bonchev–Trinajstić information content (AvgIpc) is 3.05. The fourth-order valence-electron chi connectivity index (χ4n) is 3.67. The minimum atomic E-state index is -3.82. The van der Waals surface area contributed by atoms with Crippen LogP contribution in [0.5, 0.6) is 0 Å². The molecule has 0 aromatic heterocycles. The maximum Gasteiger partial charge on any atom is 0.311 e. The van der Waals surface area contributed by atoms with Crippen LogP contribution in [0.1, 0.15) is 24.8 Å². The first-order valence-electron chi connectivity index (χ1n) is 7.24. The summed E-state index contributed by atoms with van der Waals surface area (Å²) in [5.74, 6) is -1.07. The van der Waals surface area contributed by atoms with Crippen LogP contribution in [0.25, 0.3) is 0 Å². The van der Waals surface area contributed by atoms with Gasteiger partial charge in [0.2, 0.25) is 10.0 Å². The number of fused-ring (bicyclic) bond motifs is 1. The molecule has 1 aromatic rings. The Morgan fingerprint density at radius 3 is 2.78 bits per heavy atom. The van der Waals surface area contributed by atoms with Crippen molar-refractivity contribution in [3.8, 4) is 6.07 Å². The molecule has 23 heavy (non-hydrogen) atoms. The molecular formula is C15H15ClN2O4S. The molecule has 2 fully saturated rings. The molecule has 1 N–H and O–H groups in total. The highest BCUT2D eigenvalue weighted by Gasteiger charge is 2.57. The van der Waals surface area contributed by atoms with Crippen molar-refractivity contribution in [1.82, 2.24) is 4.31 Å². The van der Waals surface area contributed by atoms with Crippen molar-refractivity contribution in [2.45, 2.75) is 24.2 Å². The largest absolute Gasteiger partial charge is 0.481 e. The van der Waals surface area contributed by atoms with Crippen LogP contribution in [0, 0.1) is 22.7 Å². The summed E-state index contributed by atoms with van der Waals surface area (Å²) in [6.07, 6.45) is 2.05. The van der Waals surface area contributed by atoms with E-state index in [0.29, 0.717) is 6.42 Å². The number of hydrogen-bond donors (Lipinski definition) is 1. The minimum Gasteiger partial charge on any atom is -0.481 e. The smallest absolute Gasteiger partial charge is 0.311 e. The zero-order valence-corrected chi connectivity index (χ0v) is 13.8. The van der Waals surface area contributed by atoms with E-state index < -0.39 is 21.4 Å². The van der Waals surface area contributed by atoms with E-state index in [1.54, 1.807) is 0 Å². The molecule has 2 aliphatic rings. The molecule has 1 saturated heterocycles. The summed E-state index contributed by atoms with van der Waals surface area (Å²) in [4.78, 5) is 11.7. The molecule has 0 spiro atoms. The van der Waals surface area contributed by atoms with Gasteiger partial charge in [-0.25, -0.2) is 8.42 Å². The highest BCUT2D eigenvalue weighted by atomic mass is 35.5.